The lowest BCUT2D eigenvalue weighted by Crippen LogP contribution is -2.08. The maximum atomic E-state index is 12.6. The highest BCUT2D eigenvalue weighted by atomic mass is 32.1. The predicted octanol–water partition coefficient (Wildman–Crippen LogP) is 2.25. The minimum Gasteiger partial charge on any atom is -0.352 e. The van der Waals surface area contributed by atoms with E-state index in [4.69, 9.17) is 0 Å². The number of halogens is 1. The third kappa shape index (κ3) is 2.47. The van der Waals surface area contributed by atoms with Gasteiger partial charge in [-0.1, -0.05) is 11.3 Å². The van der Waals surface area contributed by atoms with Gasteiger partial charge in [0.25, 0.3) is 0 Å². The molecule has 4 nitrogen and oxygen atoms in total. The standard InChI is InChI=1S/C9H9FN4S/c1-6(13-9-14-12-5-15-9)8-3-2-7(10)4-11-8/h2-6H,1H3,(H,13,14). The fraction of sp³-hybridized carbons (Fsp3) is 0.222. The molecule has 1 unspecified atom stereocenters. The molecule has 0 saturated heterocycles. The summed E-state index contributed by atoms with van der Waals surface area (Å²) in [5.74, 6) is -0.332. The lowest BCUT2D eigenvalue weighted by molar-refractivity contribution is 0.617. The van der Waals surface area contributed by atoms with Crippen LogP contribution in [0.5, 0.6) is 0 Å². The summed E-state index contributed by atoms with van der Waals surface area (Å²) in [6, 6.07) is 3.02. The zero-order chi connectivity index (χ0) is 10.7. The summed E-state index contributed by atoms with van der Waals surface area (Å²) in [6.45, 7) is 1.93. The van der Waals surface area contributed by atoms with Crippen LogP contribution in [0.3, 0.4) is 0 Å². The van der Waals surface area contributed by atoms with Crippen LogP contribution in [-0.2, 0) is 0 Å². The van der Waals surface area contributed by atoms with Gasteiger partial charge in [0.1, 0.15) is 11.3 Å². The topological polar surface area (TPSA) is 50.7 Å². The Morgan fingerprint density at radius 1 is 1.47 bits per heavy atom. The molecule has 2 heterocycles. The van der Waals surface area contributed by atoms with Crippen LogP contribution >= 0.6 is 11.3 Å². The first kappa shape index (κ1) is 9.97. The van der Waals surface area contributed by atoms with E-state index in [2.05, 4.69) is 20.5 Å². The Labute approximate surface area is 90.2 Å². The fourth-order valence-electron chi connectivity index (χ4n) is 1.14. The highest BCUT2D eigenvalue weighted by molar-refractivity contribution is 7.13. The molecule has 0 aliphatic rings. The molecule has 15 heavy (non-hydrogen) atoms. The highest BCUT2D eigenvalue weighted by Crippen LogP contribution is 2.18. The van der Waals surface area contributed by atoms with Crippen molar-refractivity contribution in [3.05, 3.63) is 35.4 Å². The van der Waals surface area contributed by atoms with Gasteiger partial charge in [0, 0.05) is 0 Å². The van der Waals surface area contributed by atoms with E-state index in [1.165, 1.54) is 23.6 Å². The highest BCUT2D eigenvalue weighted by Gasteiger charge is 2.08. The predicted molar refractivity (Wildman–Crippen MR) is 56.1 cm³/mol. The van der Waals surface area contributed by atoms with Crippen molar-refractivity contribution in [2.75, 3.05) is 5.32 Å². The van der Waals surface area contributed by atoms with Gasteiger partial charge in [-0.15, -0.1) is 10.2 Å². The van der Waals surface area contributed by atoms with Gasteiger partial charge in [-0.2, -0.15) is 0 Å². The van der Waals surface area contributed by atoms with Gasteiger partial charge in [-0.25, -0.2) is 4.39 Å². The normalized spacial score (nSPS) is 12.4. The minimum atomic E-state index is -0.332. The lowest BCUT2D eigenvalue weighted by Gasteiger charge is -2.11. The molecule has 2 rings (SSSR count). The number of aromatic nitrogens is 3. The summed E-state index contributed by atoms with van der Waals surface area (Å²) < 4.78 is 12.6. The van der Waals surface area contributed by atoms with E-state index in [1.807, 2.05) is 6.92 Å². The van der Waals surface area contributed by atoms with E-state index in [1.54, 1.807) is 11.6 Å². The van der Waals surface area contributed by atoms with Crippen LogP contribution in [0.4, 0.5) is 9.52 Å². The monoisotopic (exact) mass is 224 g/mol. The molecule has 0 radical (unpaired) electrons. The Balaban J connectivity index is 2.08. The summed E-state index contributed by atoms with van der Waals surface area (Å²) in [5, 5.41) is 11.4. The summed E-state index contributed by atoms with van der Waals surface area (Å²) in [4.78, 5) is 3.98. The van der Waals surface area contributed by atoms with E-state index in [-0.39, 0.29) is 11.9 Å². The Morgan fingerprint density at radius 3 is 2.93 bits per heavy atom. The lowest BCUT2D eigenvalue weighted by atomic mass is 10.2. The van der Waals surface area contributed by atoms with Crippen LogP contribution < -0.4 is 5.32 Å². The molecule has 78 valence electrons. The molecule has 2 aromatic heterocycles. The van der Waals surface area contributed by atoms with Gasteiger partial charge in [-0.3, -0.25) is 4.98 Å². The van der Waals surface area contributed by atoms with Gasteiger partial charge in [-0.05, 0) is 19.1 Å². The maximum absolute atomic E-state index is 12.6. The van der Waals surface area contributed by atoms with Crippen molar-refractivity contribution < 1.29 is 4.39 Å². The Bertz CT molecular complexity index is 414. The molecule has 0 spiro atoms. The van der Waals surface area contributed by atoms with Crippen molar-refractivity contribution in [1.82, 2.24) is 15.2 Å². The Hall–Kier alpha value is -1.56. The van der Waals surface area contributed by atoms with Gasteiger partial charge in [0.15, 0.2) is 0 Å². The first-order valence-corrected chi connectivity index (χ1v) is 5.28. The number of nitrogens with one attached hydrogen (secondary N) is 1. The first-order valence-electron chi connectivity index (χ1n) is 4.40. The third-order valence-corrected chi connectivity index (χ3v) is 2.52. The minimum absolute atomic E-state index is 0.0152. The second kappa shape index (κ2) is 4.31. The molecule has 0 amide bonds. The summed E-state index contributed by atoms with van der Waals surface area (Å²) in [7, 11) is 0. The molecule has 0 bridgehead atoms. The summed E-state index contributed by atoms with van der Waals surface area (Å²) in [5.41, 5.74) is 2.42. The third-order valence-electron chi connectivity index (χ3n) is 1.89. The van der Waals surface area contributed by atoms with E-state index in [0.717, 1.165) is 10.8 Å². The van der Waals surface area contributed by atoms with Crippen LogP contribution in [0.25, 0.3) is 0 Å². The zero-order valence-corrected chi connectivity index (χ0v) is 8.83. The van der Waals surface area contributed by atoms with Crippen LogP contribution in [-0.4, -0.2) is 15.2 Å². The van der Waals surface area contributed by atoms with Gasteiger partial charge in [0.2, 0.25) is 5.13 Å². The second-order valence-corrected chi connectivity index (χ2v) is 3.84. The molecule has 0 saturated carbocycles. The van der Waals surface area contributed by atoms with Crippen molar-refractivity contribution in [3.8, 4) is 0 Å². The second-order valence-electron chi connectivity index (χ2n) is 3.01. The molecule has 6 heteroatoms. The molecule has 0 aliphatic carbocycles. The average Bonchev–Trinajstić information content (AvgIpc) is 2.71. The van der Waals surface area contributed by atoms with Crippen LogP contribution in [0.2, 0.25) is 0 Å². The van der Waals surface area contributed by atoms with Crippen LogP contribution in [0, 0.1) is 5.82 Å². The summed E-state index contributed by atoms with van der Waals surface area (Å²) >= 11 is 1.41. The van der Waals surface area contributed by atoms with E-state index in [9.17, 15) is 4.39 Å². The fourth-order valence-corrected chi connectivity index (χ4v) is 1.67. The molecule has 0 aliphatic heterocycles. The van der Waals surface area contributed by atoms with Crippen LogP contribution in [0.1, 0.15) is 18.7 Å². The van der Waals surface area contributed by atoms with Crippen molar-refractivity contribution in [1.29, 1.82) is 0 Å². The molecule has 0 fully saturated rings. The van der Waals surface area contributed by atoms with Crippen molar-refractivity contribution in [3.63, 3.8) is 0 Å². The quantitative estimate of drug-likeness (QED) is 0.868. The zero-order valence-electron chi connectivity index (χ0n) is 8.01. The van der Waals surface area contributed by atoms with Crippen LogP contribution in [0.15, 0.2) is 23.8 Å². The molecule has 1 N–H and O–H groups in total. The Kier molecular flexibility index (Phi) is 2.86. The number of hydrogen-bond donors (Lipinski definition) is 1. The number of nitrogens with zero attached hydrogens (tertiary/aromatic N) is 3. The smallest absolute Gasteiger partial charge is 0.205 e. The number of hydrogen-bond acceptors (Lipinski definition) is 5. The summed E-state index contributed by atoms with van der Waals surface area (Å²) in [6.07, 6.45) is 1.20. The van der Waals surface area contributed by atoms with E-state index in [0.29, 0.717) is 0 Å². The van der Waals surface area contributed by atoms with E-state index < -0.39 is 0 Å². The van der Waals surface area contributed by atoms with Crippen molar-refractivity contribution in [2.45, 2.75) is 13.0 Å². The first-order chi connectivity index (χ1) is 7.25. The van der Waals surface area contributed by atoms with Gasteiger partial charge in [0.05, 0.1) is 17.9 Å². The Morgan fingerprint density at radius 2 is 2.33 bits per heavy atom. The molecule has 2 aromatic rings. The molecule has 1 atom stereocenters. The molecular weight excluding hydrogens is 215 g/mol. The maximum Gasteiger partial charge on any atom is 0.205 e. The van der Waals surface area contributed by atoms with Gasteiger partial charge >= 0.3 is 0 Å². The van der Waals surface area contributed by atoms with Crippen molar-refractivity contribution >= 4 is 16.5 Å². The number of pyridine rings is 1. The van der Waals surface area contributed by atoms with E-state index >= 15 is 0 Å². The molecular formula is C9H9FN4S. The molecule has 0 aromatic carbocycles. The van der Waals surface area contributed by atoms with Gasteiger partial charge < -0.3 is 5.32 Å². The largest absolute Gasteiger partial charge is 0.352 e. The average molecular weight is 224 g/mol. The number of rotatable bonds is 3. The number of anilines is 1. The van der Waals surface area contributed by atoms with Crippen molar-refractivity contribution in [2.24, 2.45) is 0 Å². The SMILES string of the molecule is CC(Nc1nncs1)c1ccc(F)cn1.